The molecule has 0 saturated carbocycles. The van der Waals surface area contributed by atoms with E-state index in [0.717, 1.165) is 11.1 Å². The molecule has 0 fully saturated rings. The van der Waals surface area contributed by atoms with Gasteiger partial charge in [0, 0.05) is 17.1 Å². The summed E-state index contributed by atoms with van der Waals surface area (Å²) in [6.07, 6.45) is 0. The van der Waals surface area contributed by atoms with Gasteiger partial charge in [0.25, 0.3) is 5.91 Å². The molecule has 0 heterocycles. The Morgan fingerprint density at radius 1 is 1.19 bits per heavy atom. The van der Waals surface area contributed by atoms with Crippen molar-refractivity contribution in [1.29, 1.82) is 0 Å². The van der Waals surface area contributed by atoms with Crippen LogP contribution in [0.25, 0.3) is 0 Å². The van der Waals surface area contributed by atoms with Crippen LogP contribution in [-0.4, -0.2) is 11.0 Å². The molecule has 3 nitrogen and oxygen atoms in total. The van der Waals surface area contributed by atoms with E-state index in [-0.39, 0.29) is 11.0 Å². The molecule has 2 N–H and O–H groups in total. The van der Waals surface area contributed by atoms with Crippen LogP contribution >= 0.6 is 23.8 Å². The number of hydrogen-bond donors (Lipinski definition) is 2. The van der Waals surface area contributed by atoms with E-state index in [1.165, 1.54) is 0 Å². The van der Waals surface area contributed by atoms with Crippen molar-refractivity contribution in [1.82, 2.24) is 10.6 Å². The number of hydrogen-bond acceptors (Lipinski definition) is 2. The Labute approximate surface area is 134 Å². The molecule has 0 unspecified atom stereocenters. The summed E-state index contributed by atoms with van der Waals surface area (Å²) in [6.45, 7) is 2.40. The first-order valence-electron chi connectivity index (χ1n) is 6.45. The maximum absolute atomic E-state index is 12.0. The first-order valence-corrected chi connectivity index (χ1v) is 7.24. The number of aryl methyl sites for hydroxylation is 1. The Balaban J connectivity index is 1.90. The zero-order valence-electron chi connectivity index (χ0n) is 11.5. The summed E-state index contributed by atoms with van der Waals surface area (Å²) in [7, 11) is 0. The number of carbonyl (C=O) groups is 1. The standard InChI is InChI=1S/C16H15ClN2OS/c1-11-5-4-7-12(9-11)15(20)19-16(21)18-10-13-6-2-3-8-14(13)17/h2-9H,10H2,1H3,(H2,18,19,20,21). The van der Waals surface area contributed by atoms with Crippen molar-refractivity contribution >= 4 is 34.8 Å². The van der Waals surface area contributed by atoms with Crippen LogP contribution in [0.3, 0.4) is 0 Å². The van der Waals surface area contributed by atoms with Gasteiger partial charge < -0.3 is 5.32 Å². The second-order valence-electron chi connectivity index (χ2n) is 4.60. The molecule has 0 atom stereocenters. The molecule has 21 heavy (non-hydrogen) atoms. The first kappa shape index (κ1) is 15.5. The second-order valence-corrected chi connectivity index (χ2v) is 5.41. The van der Waals surface area contributed by atoms with Gasteiger partial charge in [-0.2, -0.15) is 0 Å². The number of halogens is 1. The molecule has 0 aliphatic rings. The lowest BCUT2D eigenvalue weighted by Gasteiger charge is -2.10. The average molecular weight is 319 g/mol. The average Bonchev–Trinajstić information content (AvgIpc) is 2.46. The summed E-state index contributed by atoms with van der Waals surface area (Å²) < 4.78 is 0. The number of amides is 1. The van der Waals surface area contributed by atoms with Gasteiger partial charge in [-0.25, -0.2) is 0 Å². The minimum Gasteiger partial charge on any atom is -0.358 e. The third kappa shape index (κ3) is 4.55. The molecule has 2 rings (SSSR count). The SMILES string of the molecule is Cc1cccc(C(=O)NC(=S)NCc2ccccc2Cl)c1. The van der Waals surface area contributed by atoms with Gasteiger partial charge in [-0.15, -0.1) is 0 Å². The van der Waals surface area contributed by atoms with E-state index in [4.69, 9.17) is 23.8 Å². The maximum atomic E-state index is 12.0. The summed E-state index contributed by atoms with van der Waals surface area (Å²) in [5, 5.41) is 6.57. The smallest absolute Gasteiger partial charge is 0.257 e. The van der Waals surface area contributed by atoms with Crippen molar-refractivity contribution in [2.24, 2.45) is 0 Å². The van der Waals surface area contributed by atoms with Crippen LogP contribution in [0, 0.1) is 6.92 Å². The van der Waals surface area contributed by atoms with Crippen molar-refractivity contribution in [3.63, 3.8) is 0 Å². The minimum atomic E-state index is -0.227. The van der Waals surface area contributed by atoms with Gasteiger partial charge in [0.05, 0.1) is 0 Å². The zero-order valence-corrected chi connectivity index (χ0v) is 13.1. The number of rotatable bonds is 3. The van der Waals surface area contributed by atoms with E-state index in [2.05, 4.69) is 10.6 Å². The van der Waals surface area contributed by atoms with E-state index in [1.807, 2.05) is 49.4 Å². The van der Waals surface area contributed by atoms with Crippen molar-refractivity contribution < 1.29 is 4.79 Å². The summed E-state index contributed by atoms with van der Waals surface area (Å²) in [6, 6.07) is 14.8. The highest BCUT2D eigenvalue weighted by molar-refractivity contribution is 7.80. The van der Waals surface area contributed by atoms with Gasteiger partial charge in [-0.3, -0.25) is 10.1 Å². The van der Waals surface area contributed by atoms with E-state index >= 15 is 0 Å². The molecule has 0 aliphatic carbocycles. The molecule has 0 radical (unpaired) electrons. The highest BCUT2D eigenvalue weighted by Crippen LogP contribution is 2.14. The lowest BCUT2D eigenvalue weighted by Crippen LogP contribution is -2.38. The fourth-order valence-corrected chi connectivity index (χ4v) is 2.19. The normalized spacial score (nSPS) is 10.0. The number of thiocarbonyl (C=S) groups is 1. The fraction of sp³-hybridized carbons (Fsp3) is 0.125. The van der Waals surface area contributed by atoms with Crippen LogP contribution in [0.15, 0.2) is 48.5 Å². The summed E-state index contributed by atoms with van der Waals surface area (Å²) in [4.78, 5) is 12.0. The maximum Gasteiger partial charge on any atom is 0.257 e. The Kier molecular flexibility index (Phi) is 5.31. The third-order valence-corrected chi connectivity index (χ3v) is 3.52. The van der Waals surface area contributed by atoms with Crippen molar-refractivity contribution in [2.45, 2.75) is 13.5 Å². The van der Waals surface area contributed by atoms with Crippen molar-refractivity contribution in [3.05, 3.63) is 70.2 Å². The molecule has 0 spiro atoms. The van der Waals surface area contributed by atoms with Gasteiger partial charge in [0.1, 0.15) is 0 Å². The molecule has 108 valence electrons. The van der Waals surface area contributed by atoms with Crippen LogP contribution in [-0.2, 0) is 6.54 Å². The van der Waals surface area contributed by atoms with Gasteiger partial charge in [0.15, 0.2) is 5.11 Å². The van der Waals surface area contributed by atoms with Gasteiger partial charge in [-0.05, 0) is 42.9 Å². The van der Waals surface area contributed by atoms with Crippen LogP contribution in [0.5, 0.6) is 0 Å². The largest absolute Gasteiger partial charge is 0.358 e. The lowest BCUT2D eigenvalue weighted by molar-refractivity contribution is 0.0976. The van der Waals surface area contributed by atoms with E-state index in [1.54, 1.807) is 6.07 Å². The minimum absolute atomic E-state index is 0.227. The van der Waals surface area contributed by atoms with Gasteiger partial charge >= 0.3 is 0 Å². The molecule has 0 aliphatic heterocycles. The van der Waals surface area contributed by atoms with Gasteiger partial charge in [-0.1, -0.05) is 47.5 Å². The predicted molar refractivity (Wildman–Crippen MR) is 89.5 cm³/mol. The number of nitrogens with one attached hydrogen (secondary N) is 2. The second kappa shape index (κ2) is 7.20. The van der Waals surface area contributed by atoms with Crippen LogP contribution in [0.4, 0.5) is 0 Å². The number of carbonyl (C=O) groups excluding carboxylic acids is 1. The number of benzene rings is 2. The van der Waals surface area contributed by atoms with E-state index in [9.17, 15) is 4.79 Å². The summed E-state index contributed by atoms with van der Waals surface area (Å²) in [5.74, 6) is -0.227. The Bertz CT molecular complexity index is 673. The molecule has 0 bridgehead atoms. The Morgan fingerprint density at radius 2 is 1.95 bits per heavy atom. The summed E-state index contributed by atoms with van der Waals surface area (Å²) >= 11 is 11.2. The Hall–Kier alpha value is -1.91. The molecule has 0 saturated heterocycles. The summed E-state index contributed by atoms with van der Waals surface area (Å²) in [5.41, 5.74) is 2.53. The van der Waals surface area contributed by atoms with Crippen molar-refractivity contribution in [2.75, 3.05) is 0 Å². The molecule has 0 aromatic heterocycles. The van der Waals surface area contributed by atoms with Crippen LogP contribution in [0.1, 0.15) is 21.5 Å². The quantitative estimate of drug-likeness (QED) is 0.852. The molecular formula is C16H15ClN2OS. The molecule has 2 aromatic carbocycles. The fourth-order valence-electron chi connectivity index (χ4n) is 1.82. The van der Waals surface area contributed by atoms with Crippen molar-refractivity contribution in [3.8, 4) is 0 Å². The lowest BCUT2D eigenvalue weighted by atomic mass is 10.1. The van der Waals surface area contributed by atoms with Crippen LogP contribution < -0.4 is 10.6 Å². The topological polar surface area (TPSA) is 41.1 Å². The Morgan fingerprint density at radius 3 is 2.67 bits per heavy atom. The molecule has 5 heteroatoms. The molecule has 1 amide bonds. The monoisotopic (exact) mass is 318 g/mol. The van der Waals surface area contributed by atoms with E-state index < -0.39 is 0 Å². The first-order chi connectivity index (χ1) is 10.1. The highest BCUT2D eigenvalue weighted by atomic mass is 35.5. The highest BCUT2D eigenvalue weighted by Gasteiger charge is 2.08. The van der Waals surface area contributed by atoms with E-state index in [0.29, 0.717) is 17.1 Å². The predicted octanol–water partition coefficient (Wildman–Crippen LogP) is 3.45. The van der Waals surface area contributed by atoms with Crippen LogP contribution in [0.2, 0.25) is 5.02 Å². The zero-order chi connectivity index (χ0) is 15.2. The third-order valence-electron chi connectivity index (χ3n) is 2.90. The molecule has 2 aromatic rings. The van der Waals surface area contributed by atoms with Gasteiger partial charge in [0.2, 0.25) is 0 Å². The molecular weight excluding hydrogens is 304 g/mol.